The highest BCUT2D eigenvalue weighted by Crippen LogP contribution is 2.46. The van der Waals surface area contributed by atoms with Crippen LogP contribution < -0.4 is 10.7 Å². The number of benzene rings is 1. The van der Waals surface area contributed by atoms with Crippen LogP contribution in [0.2, 0.25) is 0 Å². The second-order valence-corrected chi connectivity index (χ2v) is 6.54. The minimum Gasteiger partial charge on any atom is -0.461 e. The van der Waals surface area contributed by atoms with Crippen molar-refractivity contribution in [3.05, 3.63) is 29.3 Å². The summed E-state index contributed by atoms with van der Waals surface area (Å²) in [5.74, 6) is 1.49. The number of nitrogens with one attached hydrogen (secondary N) is 2. The quantitative estimate of drug-likeness (QED) is 0.393. The van der Waals surface area contributed by atoms with E-state index in [0.717, 1.165) is 23.1 Å². The van der Waals surface area contributed by atoms with E-state index < -0.39 is 6.67 Å². The third kappa shape index (κ3) is 4.04. The summed E-state index contributed by atoms with van der Waals surface area (Å²) in [6, 6.07) is 6.06. The molecule has 1 aromatic carbocycles. The van der Waals surface area contributed by atoms with Crippen molar-refractivity contribution >= 4 is 17.9 Å². The summed E-state index contributed by atoms with van der Waals surface area (Å²) in [6.45, 7) is -0.109. The number of anilines is 1. The van der Waals surface area contributed by atoms with Gasteiger partial charge in [-0.2, -0.15) is 5.10 Å². The van der Waals surface area contributed by atoms with E-state index in [1.807, 2.05) is 12.1 Å². The number of hydrazone groups is 1. The molecule has 0 unspecified atom stereocenters. The zero-order chi connectivity index (χ0) is 16.9. The second-order valence-electron chi connectivity index (χ2n) is 6.54. The molecule has 6 heteroatoms. The largest absolute Gasteiger partial charge is 0.461 e. The van der Waals surface area contributed by atoms with Crippen LogP contribution in [0.1, 0.15) is 36.8 Å². The molecule has 3 rings (SSSR count). The van der Waals surface area contributed by atoms with Crippen LogP contribution in [0.15, 0.2) is 23.3 Å². The van der Waals surface area contributed by atoms with Gasteiger partial charge in [0.2, 0.25) is 0 Å². The third-order valence-electron chi connectivity index (χ3n) is 4.70. The predicted octanol–water partition coefficient (Wildman–Crippen LogP) is 2.85. The van der Waals surface area contributed by atoms with Gasteiger partial charge in [-0.05, 0) is 49.7 Å². The fourth-order valence-electron chi connectivity index (χ4n) is 3.16. The van der Waals surface area contributed by atoms with Crippen molar-refractivity contribution in [1.82, 2.24) is 5.43 Å². The van der Waals surface area contributed by atoms with Crippen LogP contribution in [0.4, 0.5) is 10.1 Å². The van der Waals surface area contributed by atoms with Crippen LogP contribution in [0.5, 0.6) is 0 Å². The molecule has 5 nitrogen and oxygen atoms in total. The Morgan fingerprint density at radius 1 is 1.38 bits per heavy atom. The minimum atomic E-state index is -0.542. The Morgan fingerprint density at radius 3 is 2.62 bits per heavy atom. The van der Waals surface area contributed by atoms with Gasteiger partial charge in [-0.3, -0.25) is 4.79 Å². The molecule has 2 N–H and O–H groups in total. The second kappa shape index (κ2) is 7.64. The van der Waals surface area contributed by atoms with Gasteiger partial charge in [0.15, 0.2) is 0 Å². The number of halogens is 1. The van der Waals surface area contributed by atoms with Crippen LogP contribution in [0, 0.1) is 11.8 Å². The van der Waals surface area contributed by atoms with E-state index in [9.17, 15) is 9.18 Å². The highest BCUT2D eigenvalue weighted by molar-refractivity contribution is 6.02. The third-order valence-corrected chi connectivity index (χ3v) is 4.70. The van der Waals surface area contributed by atoms with Gasteiger partial charge in [0.05, 0.1) is 0 Å². The predicted molar refractivity (Wildman–Crippen MR) is 91.7 cm³/mol. The number of hydrogen-bond donors (Lipinski definition) is 2. The molecule has 0 atom stereocenters. The lowest BCUT2D eigenvalue weighted by atomic mass is 10.0. The smallest absolute Gasteiger partial charge is 0.293 e. The van der Waals surface area contributed by atoms with E-state index in [-0.39, 0.29) is 6.61 Å². The van der Waals surface area contributed by atoms with E-state index in [0.29, 0.717) is 23.8 Å². The molecule has 0 bridgehead atoms. The SMILES string of the molecule is CN/N=C(\COC=O)c1ccc(NC(C2CC2)C2CC2)c(CF)c1. The number of hydrogen-bond acceptors (Lipinski definition) is 5. The Balaban J connectivity index is 1.78. The van der Waals surface area contributed by atoms with Gasteiger partial charge in [-0.15, -0.1) is 0 Å². The first-order valence-corrected chi connectivity index (χ1v) is 8.51. The van der Waals surface area contributed by atoms with E-state index in [2.05, 4.69) is 15.8 Å². The normalized spacial score (nSPS) is 17.7. The summed E-state index contributed by atoms with van der Waals surface area (Å²) in [7, 11) is 1.67. The zero-order valence-corrected chi connectivity index (χ0v) is 13.9. The van der Waals surface area contributed by atoms with Gasteiger partial charge in [-0.1, -0.05) is 6.07 Å². The van der Waals surface area contributed by atoms with Crippen molar-refractivity contribution < 1.29 is 13.9 Å². The Bertz CT molecular complexity index is 600. The van der Waals surface area contributed by atoms with Gasteiger partial charge in [0.1, 0.15) is 19.0 Å². The average molecular weight is 333 g/mol. The molecule has 2 saturated carbocycles. The molecule has 0 radical (unpaired) electrons. The number of carbonyl (C=O) groups is 1. The molecule has 0 spiro atoms. The molecular formula is C18H24FN3O2. The highest BCUT2D eigenvalue weighted by Gasteiger charge is 2.41. The molecule has 24 heavy (non-hydrogen) atoms. The monoisotopic (exact) mass is 333 g/mol. The topological polar surface area (TPSA) is 62.7 Å². The lowest BCUT2D eigenvalue weighted by Crippen LogP contribution is -2.25. The molecule has 0 heterocycles. The molecule has 2 aliphatic carbocycles. The molecule has 0 amide bonds. The van der Waals surface area contributed by atoms with Crippen molar-refractivity contribution in [1.29, 1.82) is 0 Å². The standard InChI is InChI=1S/C18H24FN3O2/c1-20-22-17(10-24-11-23)14-6-7-16(15(8-14)9-19)21-18(12-2-3-12)13-4-5-13/h6-8,11-13,18,20-21H,2-5,9-10H2,1H3/b22-17+. The van der Waals surface area contributed by atoms with Gasteiger partial charge >= 0.3 is 0 Å². The summed E-state index contributed by atoms with van der Waals surface area (Å²) >= 11 is 0. The lowest BCUT2D eigenvalue weighted by Gasteiger charge is -2.21. The lowest BCUT2D eigenvalue weighted by molar-refractivity contribution is -0.127. The molecule has 0 aliphatic heterocycles. The summed E-state index contributed by atoms with van der Waals surface area (Å²) in [5, 5.41) is 7.70. The molecule has 130 valence electrons. The van der Waals surface area contributed by atoms with Crippen LogP contribution in [-0.2, 0) is 16.2 Å². The van der Waals surface area contributed by atoms with Crippen molar-refractivity contribution in [2.24, 2.45) is 16.9 Å². The maximum atomic E-state index is 13.6. The van der Waals surface area contributed by atoms with Gasteiger partial charge in [0.25, 0.3) is 6.47 Å². The molecular weight excluding hydrogens is 309 g/mol. The van der Waals surface area contributed by atoms with Crippen LogP contribution in [0.25, 0.3) is 0 Å². The van der Waals surface area contributed by atoms with E-state index in [4.69, 9.17) is 4.74 Å². The van der Waals surface area contributed by atoms with Crippen molar-refractivity contribution in [2.75, 3.05) is 19.0 Å². The Labute approximate surface area is 141 Å². The zero-order valence-electron chi connectivity index (χ0n) is 13.9. The fraction of sp³-hybridized carbons (Fsp3) is 0.556. The maximum Gasteiger partial charge on any atom is 0.293 e. The summed E-state index contributed by atoms with van der Waals surface area (Å²) in [4.78, 5) is 10.4. The van der Waals surface area contributed by atoms with E-state index >= 15 is 0 Å². The molecule has 0 saturated heterocycles. The van der Waals surface area contributed by atoms with Crippen LogP contribution >= 0.6 is 0 Å². The fourth-order valence-corrected chi connectivity index (χ4v) is 3.16. The Hall–Kier alpha value is -2.11. The van der Waals surface area contributed by atoms with Crippen molar-refractivity contribution in [3.8, 4) is 0 Å². The minimum absolute atomic E-state index is 0.0512. The average Bonchev–Trinajstić information content (AvgIpc) is 3.49. The van der Waals surface area contributed by atoms with Crippen molar-refractivity contribution in [3.63, 3.8) is 0 Å². The van der Waals surface area contributed by atoms with Crippen LogP contribution in [-0.4, -0.2) is 31.9 Å². The first kappa shape index (κ1) is 16.7. The first-order valence-electron chi connectivity index (χ1n) is 8.51. The number of nitrogens with zero attached hydrogens (tertiary/aromatic N) is 1. The van der Waals surface area contributed by atoms with Crippen molar-refractivity contribution in [2.45, 2.75) is 38.4 Å². The maximum absolute atomic E-state index is 13.6. The Kier molecular flexibility index (Phi) is 5.33. The first-order chi connectivity index (χ1) is 11.8. The molecule has 1 aromatic rings. The number of ether oxygens (including phenoxy) is 1. The summed E-state index contributed by atoms with van der Waals surface area (Å²) in [5.41, 5.74) is 5.48. The highest BCUT2D eigenvalue weighted by atomic mass is 19.1. The van der Waals surface area contributed by atoms with Gasteiger partial charge < -0.3 is 15.5 Å². The summed E-state index contributed by atoms with van der Waals surface area (Å²) in [6.07, 6.45) is 5.11. The van der Waals surface area contributed by atoms with Gasteiger partial charge in [0, 0.05) is 29.9 Å². The summed E-state index contributed by atoms with van der Waals surface area (Å²) < 4.78 is 18.4. The number of alkyl halides is 1. The van der Waals surface area contributed by atoms with E-state index in [1.54, 1.807) is 13.1 Å². The van der Waals surface area contributed by atoms with E-state index in [1.165, 1.54) is 25.7 Å². The molecule has 0 aromatic heterocycles. The van der Waals surface area contributed by atoms with Gasteiger partial charge in [-0.25, -0.2) is 4.39 Å². The number of carbonyl (C=O) groups excluding carboxylic acids is 1. The Morgan fingerprint density at radius 2 is 2.08 bits per heavy atom. The molecule has 2 aliphatic rings. The molecule has 2 fully saturated rings. The van der Waals surface area contributed by atoms with Crippen LogP contribution in [0.3, 0.4) is 0 Å². The number of rotatable bonds is 10.